The first kappa shape index (κ1) is 18.5. The summed E-state index contributed by atoms with van der Waals surface area (Å²) in [5.74, 6) is -1.65. The Kier molecular flexibility index (Phi) is 4.63. The average Bonchev–Trinajstić information content (AvgIpc) is 3.22. The van der Waals surface area contributed by atoms with Crippen LogP contribution < -0.4 is 5.32 Å². The van der Waals surface area contributed by atoms with Crippen molar-refractivity contribution in [1.29, 1.82) is 0 Å². The first-order chi connectivity index (χ1) is 14.0. The lowest BCUT2D eigenvalue weighted by atomic mass is 10.1. The molecule has 1 aromatic carbocycles. The average molecular weight is 393 g/mol. The number of amides is 3. The number of benzene rings is 1. The standard InChI is InChI=1S/C20H16FN5O3/c1-25-16(11-15(24-25)12-4-6-13(21)7-5-12)18(27)23-9-10-26-19(28)14-3-2-8-22-17(14)20(26)29/h2-8,11H,9-10H2,1H3,(H,23,27). The van der Waals surface area contributed by atoms with Gasteiger partial charge in [-0.1, -0.05) is 0 Å². The van der Waals surface area contributed by atoms with Gasteiger partial charge in [0, 0.05) is 31.9 Å². The van der Waals surface area contributed by atoms with Crippen molar-refractivity contribution >= 4 is 17.7 Å². The van der Waals surface area contributed by atoms with Crippen molar-refractivity contribution in [3.05, 3.63) is 71.4 Å². The van der Waals surface area contributed by atoms with Crippen molar-refractivity contribution in [2.24, 2.45) is 7.05 Å². The third kappa shape index (κ3) is 3.38. The number of nitrogens with zero attached hydrogens (tertiary/aromatic N) is 4. The molecule has 0 aliphatic carbocycles. The van der Waals surface area contributed by atoms with Crippen molar-refractivity contribution in [2.45, 2.75) is 0 Å². The predicted molar refractivity (Wildman–Crippen MR) is 101 cm³/mol. The summed E-state index contributed by atoms with van der Waals surface area (Å²) in [6.45, 7) is 0.115. The molecule has 0 radical (unpaired) electrons. The minimum atomic E-state index is -0.473. The van der Waals surface area contributed by atoms with Crippen LogP contribution in [-0.4, -0.2) is 50.5 Å². The van der Waals surface area contributed by atoms with E-state index in [0.29, 0.717) is 17.0 Å². The molecule has 146 valence electrons. The summed E-state index contributed by atoms with van der Waals surface area (Å²) in [5, 5.41) is 6.96. The minimum absolute atomic E-state index is 0.0302. The highest BCUT2D eigenvalue weighted by Gasteiger charge is 2.36. The molecule has 0 unspecified atom stereocenters. The molecule has 0 spiro atoms. The highest BCUT2D eigenvalue weighted by molar-refractivity contribution is 6.20. The molecule has 0 saturated heterocycles. The molecule has 0 fully saturated rings. The van der Waals surface area contributed by atoms with Crippen molar-refractivity contribution in [3.8, 4) is 11.3 Å². The zero-order valence-corrected chi connectivity index (χ0v) is 15.4. The summed E-state index contributed by atoms with van der Waals surface area (Å²) >= 11 is 0. The maximum Gasteiger partial charge on any atom is 0.280 e. The van der Waals surface area contributed by atoms with E-state index in [-0.39, 0.29) is 30.2 Å². The second kappa shape index (κ2) is 7.27. The number of pyridine rings is 1. The van der Waals surface area contributed by atoms with Crippen LogP contribution in [0.2, 0.25) is 0 Å². The molecule has 0 bridgehead atoms. The van der Waals surface area contributed by atoms with Crippen LogP contribution in [0.4, 0.5) is 4.39 Å². The van der Waals surface area contributed by atoms with Crippen LogP contribution >= 0.6 is 0 Å². The molecule has 1 aliphatic heterocycles. The summed E-state index contributed by atoms with van der Waals surface area (Å²) in [6.07, 6.45) is 1.45. The molecule has 3 aromatic rings. The van der Waals surface area contributed by atoms with Gasteiger partial charge in [0.05, 0.1) is 11.3 Å². The second-order valence-corrected chi connectivity index (χ2v) is 6.46. The fourth-order valence-electron chi connectivity index (χ4n) is 3.13. The van der Waals surface area contributed by atoms with Gasteiger partial charge >= 0.3 is 0 Å². The molecule has 3 amide bonds. The number of fused-ring (bicyclic) bond motifs is 1. The van der Waals surface area contributed by atoms with Gasteiger partial charge in [0.15, 0.2) is 0 Å². The lowest BCUT2D eigenvalue weighted by Crippen LogP contribution is -2.38. The van der Waals surface area contributed by atoms with Crippen LogP contribution in [0.5, 0.6) is 0 Å². The number of aryl methyl sites for hydroxylation is 1. The smallest absolute Gasteiger partial charge is 0.280 e. The van der Waals surface area contributed by atoms with Gasteiger partial charge in [-0.3, -0.25) is 28.9 Å². The monoisotopic (exact) mass is 393 g/mol. The molecule has 29 heavy (non-hydrogen) atoms. The van der Waals surface area contributed by atoms with Gasteiger partial charge in [0.25, 0.3) is 17.7 Å². The maximum absolute atomic E-state index is 13.1. The Hall–Kier alpha value is -3.88. The van der Waals surface area contributed by atoms with E-state index in [1.54, 1.807) is 37.4 Å². The van der Waals surface area contributed by atoms with Crippen LogP contribution in [0.1, 0.15) is 31.3 Å². The highest BCUT2D eigenvalue weighted by atomic mass is 19.1. The van der Waals surface area contributed by atoms with Gasteiger partial charge < -0.3 is 5.32 Å². The normalized spacial score (nSPS) is 13.0. The number of carbonyl (C=O) groups excluding carboxylic acids is 3. The third-order valence-electron chi connectivity index (χ3n) is 4.60. The largest absolute Gasteiger partial charge is 0.349 e. The van der Waals surface area contributed by atoms with E-state index >= 15 is 0 Å². The van der Waals surface area contributed by atoms with Crippen LogP contribution in [-0.2, 0) is 7.05 Å². The number of nitrogens with one attached hydrogen (secondary N) is 1. The quantitative estimate of drug-likeness (QED) is 0.665. The molecule has 8 nitrogen and oxygen atoms in total. The molecule has 1 N–H and O–H groups in total. The van der Waals surface area contributed by atoms with Gasteiger partial charge in [-0.2, -0.15) is 5.10 Å². The predicted octanol–water partition coefficient (Wildman–Crippen LogP) is 1.65. The third-order valence-corrected chi connectivity index (χ3v) is 4.60. The van der Waals surface area contributed by atoms with E-state index in [2.05, 4.69) is 15.4 Å². The first-order valence-electron chi connectivity index (χ1n) is 8.85. The Morgan fingerprint density at radius 3 is 2.62 bits per heavy atom. The SMILES string of the molecule is Cn1nc(-c2ccc(F)cc2)cc1C(=O)NCCN1C(=O)c2cccnc2C1=O. The van der Waals surface area contributed by atoms with Crippen LogP contribution in [0, 0.1) is 5.82 Å². The zero-order valence-electron chi connectivity index (χ0n) is 15.4. The molecule has 0 saturated carbocycles. The fraction of sp³-hybridized carbons (Fsp3) is 0.150. The van der Waals surface area contributed by atoms with Crippen molar-refractivity contribution in [2.75, 3.05) is 13.1 Å². The lowest BCUT2D eigenvalue weighted by molar-refractivity contribution is 0.0647. The summed E-state index contributed by atoms with van der Waals surface area (Å²) in [6, 6.07) is 10.5. The van der Waals surface area contributed by atoms with Crippen LogP contribution in [0.3, 0.4) is 0 Å². The molecule has 2 aromatic heterocycles. The number of rotatable bonds is 5. The molecule has 1 aliphatic rings. The van der Waals surface area contributed by atoms with Gasteiger partial charge in [-0.15, -0.1) is 0 Å². The Balaban J connectivity index is 1.40. The Morgan fingerprint density at radius 2 is 1.90 bits per heavy atom. The Morgan fingerprint density at radius 1 is 1.14 bits per heavy atom. The van der Waals surface area contributed by atoms with Crippen molar-refractivity contribution < 1.29 is 18.8 Å². The van der Waals surface area contributed by atoms with Gasteiger partial charge in [-0.25, -0.2) is 4.39 Å². The summed E-state index contributed by atoms with van der Waals surface area (Å²) < 4.78 is 14.5. The van der Waals surface area contributed by atoms with E-state index in [1.807, 2.05) is 0 Å². The number of halogens is 1. The van der Waals surface area contributed by atoms with E-state index in [9.17, 15) is 18.8 Å². The van der Waals surface area contributed by atoms with E-state index < -0.39 is 17.7 Å². The first-order valence-corrected chi connectivity index (χ1v) is 8.85. The summed E-state index contributed by atoms with van der Waals surface area (Å²) in [7, 11) is 1.62. The number of hydrogen-bond donors (Lipinski definition) is 1. The van der Waals surface area contributed by atoms with Gasteiger partial charge in [0.2, 0.25) is 0 Å². The zero-order chi connectivity index (χ0) is 20.5. The molecule has 3 heterocycles. The minimum Gasteiger partial charge on any atom is -0.349 e. The van der Waals surface area contributed by atoms with E-state index in [0.717, 1.165) is 4.90 Å². The lowest BCUT2D eigenvalue weighted by Gasteiger charge is -2.13. The molecular weight excluding hydrogens is 377 g/mol. The van der Waals surface area contributed by atoms with Crippen molar-refractivity contribution in [1.82, 2.24) is 25.0 Å². The van der Waals surface area contributed by atoms with Crippen molar-refractivity contribution in [3.63, 3.8) is 0 Å². The molecule has 9 heteroatoms. The topological polar surface area (TPSA) is 97.2 Å². The second-order valence-electron chi connectivity index (χ2n) is 6.46. The molecule has 4 rings (SSSR count). The fourth-order valence-corrected chi connectivity index (χ4v) is 3.13. The number of aromatic nitrogens is 3. The number of carbonyl (C=O) groups is 3. The number of hydrogen-bond acceptors (Lipinski definition) is 5. The molecule has 0 atom stereocenters. The van der Waals surface area contributed by atoms with E-state index in [1.165, 1.54) is 23.0 Å². The molecular formula is C20H16FN5O3. The highest BCUT2D eigenvalue weighted by Crippen LogP contribution is 2.20. The number of imide groups is 1. The van der Waals surface area contributed by atoms with Gasteiger partial charge in [-0.05, 0) is 42.5 Å². The van der Waals surface area contributed by atoms with E-state index in [4.69, 9.17) is 0 Å². The Labute approximate surface area is 165 Å². The van der Waals surface area contributed by atoms with Crippen LogP contribution in [0.25, 0.3) is 11.3 Å². The maximum atomic E-state index is 13.1. The summed E-state index contributed by atoms with van der Waals surface area (Å²) in [4.78, 5) is 42.1. The van der Waals surface area contributed by atoms with Gasteiger partial charge in [0.1, 0.15) is 17.2 Å². The Bertz CT molecular complexity index is 1090. The summed E-state index contributed by atoms with van der Waals surface area (Å²) in [5.41, 5.74) is 1.90. The van der Waals surface area contributed by atoms with Crippen LogP contribution in [0.15, 0.2) is 48.7 Å².